The molecular weight excluding hydrogens is 421 g/mol. The van der Waals surface area contributed by atoms with Crippen molar-refractivity contribution in [1.82, 2.24) is 4.98 Å². The van der Waals surface area contributed by atoms with E-state index in [9.17, 15) is 4.79 Å². The van der Waals surface area contributed by atoms with Crippen LogP contribution in [0.1, 0.15) is 21.6 Å². The van der Waals surface area contributed by atoms with E-state index in [4.69, 9.17) is 32.7 Å². The molecule has 1 heterocycles. The lowest BCUT2D eigenvalue weighted by Crippen LogP contribution is -2.10. The second kappa shape index (κ2) is 9.05. The van der Waals surface area contributed by atoms with Gasteiger partial charge in [0.15, 0.2) is 11.5 Å². The highest BCUT2D eigenvalue weighted by atomic mass is 35.5. The molecule has 0 saturated heterocycles. The first-order valence-corrected chi connectivity index (χ1v) is 9.66. The number of hydrogen-bond donors (Lipinski definition) is 1. The molecule has 3 rings (SSSR count). The van der Waals surface area contributed by atoms with E-state index in [0.717, 1.165) is 11.3 Å². The van der Waals surface area contributed by atoms with Crippen molar-refractivity contribution >= 4 is 51.9 Å². The molecule has 3 aromatic rings. The van der Waals surface area contributed by atoms with Gasteiger partial charge in [-0.3, -0.25) is 5.43 Å². The fourth-order valence-electron chi connectivity index (χ4n) is 2.23. The molecular formula is C19H15Cl2N3O3S. The zero-order valence-electron chi connectivity index (χ0n) is 14.9. The molecule has 0 saturated carbocycles. The number of hydrogen-bond acceptors (Lipinski definition) is 7. The molecule has 0 bridgehead atoms. The van der Waals surface area contributed by atoms with Crippen molar-refractivity contribution in [1.29, 1.82) is 0 Å². The average molecular weight is 436 g/mol. The molecule has 0 aliphatic carbocycles. The summed E-state index contributed by atoms with van der Waals surface area (Å²) in [6, 6.07) is 9.62. The number of benzene rings is 2. The Morgan fingerprint density at radius 2 is 2.04 bits per heavy atom. The lowest BCUT2D eigenvalue weighted by molar-refractivity contribution is 0.0730. The van der Waals surface area contributed by atoms with Crippen LogP contribution >= 0.6 is 34.5 Å². The maximum absolute atomic E-state index is 12.4. The van der Waals surface area contributed by atoms with Gasteiger partial charge in [-0.25, -0.2) is 9.78 Å². The van der Waals surface area contributed by atoms with E-state index in [1.807, 2.05) is 12.3 Å². The van der Waals surface area contributed by atoms with Gasteiger partial charge >= 0.3 is 5.97 Å². The number of halogens is 2. The number of esters is 1. The molecule has 144 valence electrons. The van der Waals surface area contributed by atoms with E-state index in [1.165, 1.54) is 30.6 Å². The van der Waals surface area contributed by atoms with Gasteiger partial charge in [-0.1, -0.05) is 23.2 Å². The number of ether oxygens (including phenoxy) is 2. The first-order valence-electron chi connectivity index (χ1n) is 8.02. The molecule has 28 heavy (non-hydrogen) atoms. The van der Waals surface area contributed by atoms with Crippen LogP contribution in [-0.4, -0.2) is 24.3 Å². The summed E-state index contributed by atoms with van der Waals surface area (Å²) in [6.07, 6.45) is 1.61. The summed E-state index contributed by atoms with van der Waals surface area (Å²) < 4.78 is 10.7. The van der Waals surface area contributed by atoms with E-state index in [1.54, 1.807) is 30.5 Å². The van der Waals surface area contributed by atoms with Gasteiger partial charge in [0.05, 0.1) is 29.6 Å². The Labute approximate surface area is 175 Å². The van der Waals surface area contributed by atoms with Crippen molar-refractivity contribution < 1.29 is 14.3 Å². The number of carbonyl (C=O) groups is 1. The Hall–Kier alpha value is -2.61. The number of nitrogens with zero attached hydrogens (tertiary/aromatic N) is 2. The Morgan fingerprint density at radius 1 is 1.21 bits per heavy atom. The maximum Gasteiger partial charge on any atom is 0.345 e. The fraction of sp³-hybridized carbons (Fsp3) is 0.105. The number of thiazole rings is 1. The largest absolute Gasteiger partial charge is 0.493 e. The van der Waals surface area contributed by atoms with Crippen LogP contribution in [0.3, 0.4) is 0 Å². The number of rotatable bonds is 6. The Bertz CT molecular complexity index is 1040. The van der Waals surface area contributed by atoms with Crippen LogP contribution in [0.15, 0.2) is 46.9 Å². The highest BCUT2D eigenvalue weighted by Crippen LogP contribution is 2.30. The molecule has 1 aromatic heterocycles. The SMILES string of the molecule is COc1cc(/C=N/Nc2nc(C)cs2)ccc1OC(=O)c1ccc(Cl)cc1Cl. The number of aromatic nitrogens is 1. The standard InChI is InChI=1S/C19H15Cl2N3O3S/c1-11-10-28-19(23-11)24-22-9-12-3-6-16(17(7-12)26-2)27-18(25)14-5-4-13(20)8-15(14)21/h3-10H,1-2H3,(H,23,24)/b22-9+. The summed E-state index contributed by atoms with van der Waals surface area (Å²) in [5.74, 6) is 0.0360. The van der Waals surface area contributed by atoms with Crippen molar-refractivity contribution in [3.8, 4) is 11.5 Å². The van der Waals surface area contributed by atoms with Crippen LogP contribution in [0.25, 0.3) is 0 Å². The summed E-state index contributed by atoms with van der Waals surface area (Å²) in [5, 5.41) is 7.41. The number of anilines is 1. The summed E-state index contributed by atoms with van der Waals surface area (Å²) >= 11 is 13.4. The molecule has 0 atom stereocenters. The first-order chi connectivity index (χ1) is 13.5. The maximum atomic E-state index is 12.4. The molecule has 0 radical (unpaired) electrons. The second-order valence-electron chi connectivity index (χ2n) is 5.59. The summed E-state index contributed by atoms with van der Waals surface area (Å²) in [6.45, 7) is 1.91. The molecule has 0 amide bonds. The van der Waals surface area contributed by atoms with Gasteiger partial charge in [-0.15, -0.1) is 11.3 Å². The molecule has 6 nitrogen and oxygen atoms in total. The molecule has 0 spiro atoms. The van der Waals surface area contributed by atoms with Crippen LogP contribution in [0.5, 0.6) is 11.5 Å². The Morgan fingerprint density at radius 3 is 2.71 bits per heavy atom. The average Bonchev–Trinajstić information content (AvgIpc) is 3.07. The lowest BCUT2D eigenvalue weighted by atomic mass is 10.2. The number of methoxy groups -OCH3 is 1. The smallest absolute Gasteiger partial charge is 0.345 e. The van der Waals surface area contributed by atoms with Crippen LogP contribution in [-0.2, 0) is 0 Å². The summed E-state index contributed by atoms with van der Waals surface area (Å²) in [4.78, 5) is 16.6. The normalized spacial score (nSPS) is 10.9. The zero-order valence-corrected chi connectivity index (χ0v) is 17.2. The van der Waals surface area contributed by atoms with Crippen LogP contribution in [0, 0.1) is 6.92 Å². The van der Waals surface area contributed by atoms with Gasteiger partial charge in [-0.2, -0.15) is 5.10 Å². The predicted octanol–water partition coefficient (Wildman–Crippen LogP) is 5.43. The third kappa shape index (κ3) is 5.01. The van der Waals surface area contributed by atoms with Crippen molar-refractivity contribution in [2.75, 3.05) is 12.5 Å². The Balaban J connectivity index is 1.72. The predicted molar refractivity (Wildman–Crippen MR) is 112 cm³/mol. The highest BCUT2D eigenvalue weighted by Gasteiger charge is 2.16. The summed E-state index contributed by atoms with van der Waals surface area (Å²) in [7, 11) is 1.49. The Kier molecular flexibility index (Phi) is 6.51. The highest BCUT2D eigenvalue weighted by molar-refractivity contribution is 7.13. The first kappa shape index (κ1) is 20.1. The van der Waals surface area contributed by atoms with Gasteiger partial charge < -0.3 is 9.47 Å². The minimum Gasteiger partial charge on any atom is -0.493 e. The fourth-order valence-corrected chi connectivity index (χ4v) is 3.35. The van der Waals surface area contributed by atoms with E-state index < -0.39 is 5.97 Å². The van der Waals surface area contributed by atoms with Crippen molar-refractivity contribution in [2.45, 2.75) is 6.92 Å². The van der Waals surface area contributed by atoms with Crippen molar-refractivity contribution in [3.05, 3.63) is 68.6 Å². The molecule has 0 fully saturated rings. The molecule has 0 aliphatic heterocycles. The van der Waals surface area contributed by atoms with Crippen LogP contribution in [0.2, 0.25) is 10.0 Å². The van der Waals surface area contributed by atoms with Gasteiger partial charge in [0.1, 0.15) is 0 Å². The lowest BCUT2D eigenvalue weighted by Gasteiger charge is -2.10. The van der Waals surface area contributed by atoms with E-state index >= 15 is 0 Å². The summed E-state index contributed by atoms with van der Waals surface area (Å²) in [5.41, 5.74) is 4.74. The molecule has 9 heteroatoms. The van der Waals surface area contributed by atoms with Gasteiger partial charge in [-0.05, 0) is 48.9 Å². The minimum absolute atomic E-state index is 0.210. The monoisotopic (exact) mass is 435 g/mol. The molecule has 0 unspecified atom stereocenters. The molecule has 2 aromatic carbocycles. The van der Waals surface area contributed by atoms with E-state index in [0.29, 0.717) is 15.9 Å². The van der Waals surface area contributed by atoms with Gasteiger partial charge in [0, 0.05) is 10.4 Å². The third-order valence-corrected chi connectivity index (χ3v) is 4.95. The van der Waals surface area contributed by atoms with Crippen LogP contribution in [0.4, 0.5) is 5.13 Å². The zero-order chi connectivity index (χ0) is 20.1. The number of carbonyl (C=O) groups excluding carboxylic acids is 1. The van der Waals surface area contributed by atoms with E-state index in [2.05, 4.69) is 15.5 Å². The third-order valence-electron chi connectivity index (χ3n) is 3.53. The van der Waals surface area contributed by atoms with Gasteiger partial charge in [0.2, 0.25) is 5.13 Å². The quantitative estimate of drug-likeness (QED) is 0.241. The topological polar surface area (TPSA) is 72.8 Å². The number of nitrogens with one attached hydrogen (secondary N) is 1. The molecule has 0 aliphatic rings. The van der Waals surface area contributed by atoms with Gasteiger partial charge in [0.25, 0.3) is 0 Å². The minimum atomic E-state index is -0.609. The van der Waals surface area contributed by atoms with Crippen LogP contribution < -0.4 is 14.9 Å². The van der Waals surface area contributed by atoms with Crippen molar-refractivity contribution in [3.63, 3.8) is 0 Å². The molecule has 1 N–H and O–H groups in total. The van der Waals surface area contributed by atoms with Crippen molar-refractivity contribution in [2.24, 2.45) is 5.10 Å². The number of aryl methyl sites for hydroxylation is 1. The van der Waals surface area contributed by atoms with E-state index in [-0.39, 0.29) is 16.3 Å². The number of hydrazone groups is 1. The second-order valence-corrected chi connectivity index (χ2v) is 7.29.